The van der Waals surface area contributed by atoms with Crippen molar-refractivity contribution in [3.63, 3.8) is 0 Å². The molecule has 29 heavy (non-hydrogen) atoms. The Kier molecular flexibility index (Phi) is 7.56. The number of rotatable bonds is 7. The summed E-state index contributed by atoms with van der Waals surface area (Å²) in [5, 5.41) is 12.7. The molecule has 1 heterocycles. The lowest BCUT2D eigenvalue weighted by Crippen LogP contribution is -2.15. The highest BCUT2D eigenvalue weighted by Crippen LogP contribution is 2.33. The molecule has 0 unspecified atom stereocenters. The Hall–Kier alpha value is -1.61. The van der Waals surface area contributed by atoms with E-state index in [1.165, 1.54) is 11.8 Å². The summed E-state index contributed by atoms with van der Waals surface area (Å²) in [6.45, 7) is 6.31. The highest BCUT2D eigenvalue weighted by atomic mass is 79.9. The van der Waals surface area contributed by atoms with Crippen LogP contribution in [0.25, 0.3) is 11.4 Å². The molecular formula is C20H17Br2ClN4OS. The van der Waals surface area contributed by atoms with Crippen LogP contribution in [-0.2, 0) is 11.3 Å². The second-order valence-corrected chi connectivity index (χ2v) is 9.24. The largest absolute Gasteiger partial charge is 0.323 e. The lowest BCUT2D eigenvalue weighted by Gasteiger charge is -2.11. The molecular weight excluding hydrogens is 540 g/mol. The molecule has 3 aromatic rings. The lowest BCUT2D eigenvalue weighted by atomic mass is 10.2. The summed E-state index contributed by atoms with van der Waals surface area (Å²) in [5.74, 6) is 0.731. The predicted molar refractivity (Wildman–Crippen MR) is 127 cm³/mol. The average molecular weight is 557 g/mol. The summed E-state index contributed by atoms with van der Waals surface area (Å²) in [4.78, 5) is 12.5. The van der Waals surface area contributed by atoms with E-state index in [0.29, 0.717) is 28.2 Å². The maximum absolute atomic E-state index is 12.5. The molecule has 0 spiro atoms. The van der Waals surface area contributed by atoms with E-state index >= 15 is 0 Å². The average Bonchev–Trinajstić information content (AvgIpc) is 3.06. The molecule has 1 N–H and O–H groups in total. The first-order valence-corrected chi connectivity index (χ1v) is 11.5. The first kappa shape index (κ1) is 22.1. The molecule has 1 amide bonds. The van der Waals surface area contributed by atoms with Crippen molar-refractivity contribution in [2.24, 2.45) is 0 Å². The van der Waals surface area contributed by atoms with Crippen LogP contribution in [0, 0.1) is 6.92 Å². The fraction of sp³-hybridized carbons (Fsp3) is 0.150. The Bertz CT molecular complexity index is 1050. The van der Waals surface area contributed by atoms with Crippen LogP contribution >= 0.6 is 55.2 Å². The molecule has 1 aromatic heterocycles. The zero-order valence-corrected chi connectivity index (χ0v) is 20.2. The predicted octanol–water partition coefficient (Wildman–Crippen LogP) is 6.35. The molecule has 0 fully saturated rings. The maximum Gasteiger partial charge on any atom is 0.234 e. The van der Waals surface area contributed by atoms with Gasteiger partial charge in [-0.2, -0.15) is 0 Å². The first-order chi connectivity index (χ1) is 13.9. The van der Waals surface area contributed by atoms with E-state index in [9.17, 15) is 4.79 Å². The molecule has 0 aliphatic carbocycles. The highest BCUT2D eigenvalue weighted by Gasteiger charge is 2.16. The van der Waals surface area contributed by atoms with Crippen LogP contribution in [0.1, 0.15) is 5.56 Å². The van der Waals surface area contributed by atoms with Gasteiger partial charge in [0.1, 0.15) is 0 Å². The minimum absolute atomic E-state index is 0.141. The Morgan fingerprint density at radius 3 is 2.66 bits per heavy atom. The number of halogens is 3. The van der Waals surface area contributed by atoms with Gasteiger partial charge in [0, 0.05) is 26.1 Å². The Morgan fingerprint density at radius 2 is 2.00 bits per heavy atom. The van der Waals surface area contributed by atoms with Crippen molar-refractivity contribution >= 4 is 66.8 Å². The molecule has 0 bridgehead atoms. The van der Waals surface area contributed by atoms with E-state index in [-0.39, 0.29) is 11.7 Å². The highest BCUT2D eigenvalue weighted by molar-refractivity contribution is 9.11. The van der Waals surface area contributed by atoms with Crippen molar-refractivity contribution in [1.82, 2.24) is 14.8 Å². The van der Waals surface area contributed by atoms with Crippen molar-refractivity contribution < 1.29 is 4.79 Å². The summed E-state index contributed by atoms with van der Waals surface area (Å²) >= 11 is 14.4. The number of carbonyl (C=O) groups is 1. The molecule has 0 atom stereocenters. The molecule has 9 heteroatoms. The number of anilines is 1. The number of benzene rings is 2. The van der Waals surface area contributed by atoms with Crippen LogP contribution in [0.4, 0.5) is 5.69 Å². The molecule has 3 rings (SSSR count). The van der Waals surface area contributed by atoms with E-state index < -0.39 is 0 Å². The van der Waals surface area contributed by atoms with Crippen LogP contribution < -0.4 is 5.32 Å². The topological polar surface area (TPSA) is 59.8 Å². The van der Waals surface area contributed by atoms with Gasteiger partial charge in [-0.1, -0.05) is 41.6 Å². The summed E-state index contributed by atoms with van der Waals surface area (Å²) < 4.78 is 3.55. The van der Waals surface area contributed by atoms with Crippen molar-refractivity contribution in [2.75, 3.05) is 11.1 Å². The SMILES string of the molecule is C=CCn1c(SCC(=O)Nc2c(Br)cc(C)cc2Br)nnc1-c1cccc(Cl)c1. The number of amides is 1. The van der Waals surface area contributed by atoms with E-state index in [1.807, 2.05) is 41.8 Å². The molecule has 150 valence electrons. The van der Waals surface area contributed by atoms with Gasteiger partial charge >= 0.3 is 0 Å². The van der Waals surface area contributed by atoms with Crippen LogP contribution in [0.3, 0.4) is 0 Å². The van der Waals surface area contributed by atoms with E-state index in [1.54, 1.807) is 12.1 Å². The smallest absolute Gasteiger partial charge is 0.234 e. The van der Waals surface area contributed by atoms with Gasteiger partial charge in [0.05, 0.1) is 11.4 Å². The van der Waals surface area contributed by atoms with E-state index in [4.69, 9.17) is 11.6 Å². The minimum atomic E-state index is -0.141. The summed E-state index contributed by atoms with van der Waals surface area (Å²) in [6.07, 6.45) is 1.77. The molecule has 0 radical (unpaired) electrons. The molecule has 2 aromatic carbocycles. The third-order valence-corrected chi connectivity index (χ3v) is 6.35. The van der Waals surface area contributed by atoms with Gasteiger partial charge < -0.3 is 5.32 Å². The quantitative estimate of drug-likeness (QED) is 0.272. The van der Waals surface area contributed by atoms with Gasteiger partial charge in [-0.15, -0.1) is 16.8 Å². The summed E-state index contributed by atoms with van der Waals surface area (Å²) in [7, 11) is 0. The van der Waals surface area contributed by atoms with Gasteiger partial charge in [0.2, 0.25) is 5.91 Å². The molecule has 0 aliphatic heterocycles. The van der Waals surface area contributed by atoms with Gasteiger partial charge in [-0.05, 0) is 68.6 Å². The standard InChI is InChI=1S/C20H17Br2ClN4OS/c1-3-7-27-19(13-5-4-6-14(23)10-13)25-26-20(27)29-11-17(28)24-18-15(21)8-12(2)9-16(18)22/h3-6,8-10H,1,7,11H2,2H3,(H,24,28). The zero-order chi connectivity index (χ0) is 21.0. The van der Waals surface area contributed by atoms with Crippen LogP contribution in [0.15, 0.2) is 63.2 Å². The van der Waals surface area contributed by atoms with E-state index in [0.717, 1.165) is 20.1 Å². The monoisotopic (exact) mass is 554 g/mol. The van der Waals surface area contributed by atoms with Gasteiger partial charge in [-0.25, -0.2) is 0 Å². The number of carbonyl (C=O) groups excluding carboxylic acids is 1. The van der Waals surface area contributed by atoms with Crippen molar-refractivity contribution in [3.8, 4) is 11.4 Å². The fourth-order valence-corrected chi connectivity index (χ4v) is 5.21. The fourth-order valence-electron chi connectivity index (χ4n) is 2.66. The maximum atomic E-state index is 12.5. The normalized spacial score (nSPS) is 10.8. The summed E-state index contributed by atoms with van der Waals surface area (Å²) in [6, 6.07) is 11.3. The van der Waals surface area contributed by atoms with Crippen LogP contribution in [0.2, 0.25) is 5.02 Å². The van der Waals surface area contributed by atoms with Crippen molar-refractivity contribution in [2.45, 2.75) is 18.6 Å². The number of allylic oxidation sites excluding steroid dienone is 1. The van der Waals surface area contributed by atoms with Gasteiger partial charge in [0.15, 0.2) is 11.0 Å². The Balaban J connectivity index is 1.75. The first-order valence-electron chi connectivity index (χ1n) is 8.57. The number of thioether (sulfide) groups is 1. The van der Waals surface area contributed by atoms with Crippen molar-refractivity contribution in [3.05, 3.63) is 68.6 Å². The third kappa shape index (κ3) is 5.51. The van der Waals surface area contributed by atoms with E-state index in [2.05, 4.69) is 54.0 Å². The van der Waals surface area contributed by atoms with Gasteiger partial charge in [0.25, 0.3) is 0 Å². The van der Waals surface area contributed by atoms with Crippen LogP contribution in [0.5, 0.6) is 0 Å². The van der Waals surface area contributed by atoms with Crippen molar-refractivity contribution in [1.29, 1.82) is 0 Å². The number of aromatic nitrogens is 3. The Morgan fingerprint density at radius 1 is 1.28 bits per heavy atom. The molecule has 0 saturated heterocycles. The number of nitrogens with zero attached hydrogens (tertiary/aromatic N) is 3. The Labute approximate surface area is 195 Å². The number of hydrogen-bond donors (Lipinski definition) is 1. The minimum Gasteiger partial charge on any atom is -0.323 e. The third-order valence-electron chi connectivity index (χ3n) is 3.89. The lowest BCUT2D eigenvalue weighted by molar-refractivity contribution is -0.113. The molecule has 0 saturated carbocycles. The second kappa shape index (κ2) is 9.93. The molecule has 0 aliphatic rings. The number of hydrogen-bond acceptors (Lipinski definition) is 4. The number of aryl methyl sites for hydroxylation is 1. The van der Waals surface area contributed by atoms with Gasteiger partial charge in [-0.3, -0.25) is 9.36 Å². The molecule has 5 nitrogen and oxygen atoms in total. The zero-order valence-electron chi connectivity index (χ0n) is 15.5. The van der Waals surface area contributed by atoms with Crippen LogP contribution in [-0.4, -0.2) is 26.4 Å². The number of nitrogens with one attached hydrogen (secondary N) is 1. The second-order valence-electron chi connectivity index (χ2n) is 6.16. The summed E-state index contributed by atoms with van der Waals surface area (Å²) in [5.41, 5.74) is 2.64.